The molecule has 1 rings (SSSR count). The summed E-state index contributed by atoms with van der Waals surface area (Å²) < 4.78 is 9.18. The number of ether oxygens (including phenoxy) is 1. The second kappa shape index (κ2) is 9.09. The molecule has 0 aliphatic heterocycles. The first-order valence-corrected chi connectivity index (χ1v) is 8.69. The molecule has 6 heteroatoms. The molecule has 0 amide bonds. The zero-order valence-corrected chi connectivity index (χ0v) is 13.1. The first-order valence-electron chi connectivity index (χ1n) is 5.44. The number of methoxy groups -OCH3 is 1. The van der Waals surface area contributed by atoms with Gasteiger partial charge < -0.3 is 4.74 Å². The lowest BCUT2D eigenvalue weighted by Crippen LogP contribution is -2.17. The summed E-state index contributed by atoms with van der Waals surface area (Å²) in [5.74, 6) is 0. The molecule has 0 radical (unpaired) electrons. The Hall–Kier alpha value is 0.100. The van der Waals surface area contributed by atoms with Crippen molar-refractivity contribution in [1.82, 2.24) is 5.09 Å². The highest BCUT2D eigenvalue weighted by atomic mass is 32.0. The van der Waals surface area contributed by atoms with Crippen LogP contribution in [0.1, 0.15) is 17.2 Å². The van der Waals surface area contributed by atoms with Crippen LogP contribution in [0, 0.1) is 0 Å². The number of nitrogens with one attached hydrogen (secondary N) is 1. The fourth-order valence-electron chi connectivity index (χ4n) is 1.64. The van der Waals surface area contributed by atoms with Crippen molar-refractivity contribution in [2.75, 3.05) is 20.3 Å². The van der Waals surface area contributed by atoms with Crippen LogP contribution in [-0.2, 0) is 11.2 Å². The molecule has 1 N–H and O–H groups in total. The van der Waals surface area contributed by atoms with Gasteiger partial charge in [0.2, 0.25) is 0 Å². The minimum absolute atomic E-state index is 0.260. The van der Waals surface area contributed by atoms with Gasteiger partial charge in [0.1, 0.15) is 0 Å². The zero-order valence-electron chi connectivity index (χ0n) is 9.94. The Morgan fingerprint density at radius 1 is 1.59 bits per heavy atom. The van der Waals surface area contributed by atoms with Crippen molar-refractivity contribution in [2.24, 2.45) is 4.74 Å². The van der Waals surface area contributed by atoms with Crippen molar-refractivity contribution in [2.45, 2.75) is 12.5 Å². The molecular weight excluding hydrogens is 269 g/mol. The molecular formula is C11H19N2OP3. The molecule has 0 heterocycles. The van der Waals surface area contributed by atoms with E-state index < -0.39 is 0 Å². The van der Waals surface area contributed by atoms with E-state index in [2.05, 4.69) is 52.1 Å². The first-order chi connectivity index (χ1) is 8.31. The summed E-state index contributed by atoms with van der Waals surface area (Å²) >= 11 is 0. The van der Waals surface area contributed by atoms with Crippen LogP contribution in [0.25, 0.3) is 0 Å². The van der Waals surface area contributed by atoms with Crippen molar-refractivity contribution in [3.05, 3.63) is 35.4 Å². The molecule has 0 aliphatic carbocycles. The van der Waals surface area contributed by atoms with E-state index in [1.54, 1.807) is 7.11 Å². The summed E-state index contributed by atoms with van der Waals surface area (Å²) in [4.78, 5) is 0. The third kappa shape index (κ3) is 5.51. The first kappa shape index (κ1) is 15.2. The Morgan fingerprint density at radius 2 is 2.41 bits per heavy atom. The lowest BCUT2D eigenvalue weighted by molar-refractivity contribution is 0.176. The van der Waals surface area contributed by atoms with Gasteiger partial charge in [0.25, 0.3) is 0 Å². The van der Waals surface area contributed by atoms with E-state index in [-0.39, 0.29) is 6.04 Å². The molecule has 0 spiro atoms. The third-order valence-electron chi connectivity index (χ3n) is 2.46. The molecule has 3 atom stereocenters. The van der Waals surface area contributed by atoms with Crippen LogP contribution in [0.5, 0.6) is 0 Å². The summed E-state index contributed by atoms with van der Waals surface area (Å²) in [5, 5.41) is 3.42. The van der Waals surface area contributed by atoms with Gasteiger partial charge in [-0.15, -0.1) is 0 Å². The normalized spacial score (nSPS) is 13.1. The maximum Gasteiger partial charge on any atom is 0.0660 e. The third-order valence-corrected chi connectivity index (χ3v) is 3.70. The summed E-state index contributed by atoms with van der Waals surface area (Å²) in [5.41, 5.74) is 2.58. The van der Waals surface area contributed by atoms with Crippen LogP contribution >= 0.6 is 26.4 Å². The smallest absolute Gasteiger partial charge is 0.0660 e. The van der Waals surface area contributed by atoms with Crippen molar-refractivity contribution in [3.8, 4) is 0 Å². The standard InChI is InChI=1S/C11H19N2OP3/c1-14-8-11(13-17-16)10-4-2-3-9(7-10)5-6-12-15/h2-4,7,11,13,15,17H,5-6,8,16H2,1H3. The highest BCUT2D eigenvalue weighted by Gasteiger charge is 2.10. The molecule has 0 bridgehead atoms. The van der Waals surface area contributed by atoms with Crippen molar-refractivity contribution < 1.29 is 4.74 Å². The minimum Gasteiger partial charge on any atom is -0.383 e. The minimum atomic E-state index is 0.260. The van der Waals surface area contributed by atoms with E-state index in [0.717, 1.165) is 13.0 Å². The van der Waals surface area contributed by atoms with Crippen LogP contribution in [-0.4, -0.2) is 20.3 Å². The highest BCUT2D eigenvalue weighted by molar-refractivity contribution is 8.01. The van der Waals surface area contributed by atoms with E-state index in [9.17, 15) is 0 Å². The fourth-order valence-corrected chi connectivity index (χ4v) is 2.81. The fraction of sp³-hybridized carbons (Fsp3) is 0.455. The lowest BCUT2D eigenvalue weighted by Gasteiger charge is -2.17. The van der Waals surface area contributed by atoms with Gasteiger partial charge in [-0.3, -0.25) is 9.83 Å². The number of hydrogen-bond acceptors (Lipinski definition) is 3. The van der Waals surface area contributed by atoms with Crippen LogP contribution in [0.2, 0.25) is 0 Å². The average Bonchev–Trinajstić information content (AvgIpc) is 2.36. The van der Waals surface area contributed by atoms with Gasteiger partial charge in [0, 0.05) is 13.7 Å². The van der Waals surface area contributed by atoms with Crippen LogP contribution < -0.4 is 5.09 Å². The molecule has 0 fully saturated rings. The molecule has 3 unspecified atom stereocenters. The molecule has 94 valence electrons. The number of hydrogen-bond donors (Lipinski definition) is 1. The Labute approximate surface area is 109 Å². The van der Waals surface area contributed by atoms with Gasteiger partial charge >= 0.3 is 0 Å². The Bertz CT molecular complexity index is 343. The van der Waals surface area contributed by atoms with Crippen LogP contribution in [0.4, 0.5) is 0 Å². The van der Waals surface area contributed by atoms with E-state index in [1.165, 1.54) is 11.1 Å². The van der Waals surface area contributed by atoms with Gasteiger partial charge in [-0.2, -0.15) is 0 Å². The summed E-state index contributed by atoms with van der Waals surface area (Å²) in [6.07, 6.45) is 0.959. The second-order valence-electron chi connectivity index (χ2n) is 3.67. The number of nitrogens with zero attached hydrogens (tertiary/aromatic N) is 1. The quantitative estimate of drug-likeness (QED) is 0.745. The maximum absolute atomic E-state index is 5.24. The van der Waals surface area contributed by atoms with Crippen molar-refractivity contribution in [3.63, 3.8) is 0 Å². The monoisotopic (exact) mass is 288 g/mol. The molecule has 3 nitrogen and oxygen atoms in total. The molecule has 1 aromatic carbocycles. The van der Waals surface area contributed by atoms with Crippen molar-refractivity contribution >= 4 is 26.4 Å². The van der Waals surface area contributed by atoms with Crippen LogP contribution in [0.15, 0.2) is 29.0 Å². The van der Waals surface area contributed by atoms with E-state index >= 15 is 0 Å². The molecule has 0 aliphatic rings. The number of benzene rings is 1. The summed E-state index contributed by atoms with van der Waals surface area (Å²) in [6, 6.07) is 8.84. The average molecular weight is 288 g/mol. The maximum atomic E-state index is 5.24. The topological polar surface area (TPSA) is 33.6 Å². The van der Waals surface area contributed by atoms with Gasteiger partial charge in [0.15, 0.2) is 0 Å². The van der Waals surface area contributed by atoms with Gasteiger partial charge in [-0.25, -0.2) is 0 Å². The molecule has 0 aromatic heterocycles. The molecule has 0 saturated heterocycles. The molecule has 17 heavy (non-hydrogen) atoms. The molecule has 0 saturated carbocycles. The zero-order chi connectivity index (χ0) is 12.5. The van der Waals surface area contributed by atoms with Gasteiger partial charge in [-0.05, 0) is 35.0 Å². The predicted octanol–water partition coefficient (Wildman–Crippen LogP) is 3.22. The van der Waals surface area contributed by atoms with E-state index in [1.807, 2.05) is 0 Å². The largest absolute Gasteiger partial charge is 0.383 e. The van der Waals surface area contributed by atoms with Gasteiger partial charge in [-0.1, -0.05) is 33.2 Å². The number of rotatable bonds is 8. The van der Waals surface area contributed by atoms with Crippen LogP contribution in [0.3, 0.4) is 0 Å². The highest BCUT2D eigenvalue weighted by Crippen LogP contribution is 2.24. The summed E-state index contributed by atoms with van der Waals surface area (Å²) in [6.45, 7) is 1.49. The lowest BCUT2D eigenvalue weighted by atomic mass is 10.0. The predicted molar refractivity (Wildman–Crippen MR) is 81.5 cm³/mol. The van der Waals surface area contributed by atoms with Gasteiger partial charge in [0.05, 0.1) is 12.6 Å². The Kier molecular flexibility index (Phi) is 8.10. The summed E-state index contributed by atoms with van der Waals surface area (Å²) in [7, 11) is 8.21. The molecule has 1 aromatic rings. The second-order valence-corrected chi connectivity index (χ2v) is 5.43. The van der Waals surface area contributed by atoms with E-state index in [4.69, 9.17) is 4.74 Å². The Balaban J connectivity index is 2.75. The van der Waals surface area contributed by atoms with E-state index in [0.29, 0.717) is 15.0 Å². The SMILES string of the molecule is COCC(NPP)c1cccc(CCN=P)c1. The Morgan fingerprint density at radius 3 is 3.06 bits per heavy atom. The van der Waals surface area contributed by atoms with Crippen molar-refractivity contribution in [1.29, 1.82) is 0 Å².